The van der Waals surface area contributed by atoms with Crippen LogP contribution in [0.4, 0.5) is 17.5 Å². The third-order valence-electron chi connectivity index (χ3n) is 22.7. The van der Waals surface area contributed by atoms with Gasteiger partial charge in [0.25, 0.3) is 0 Å². The Bertz CT molecular complexity index is 3870. The Morgan fingerprint density at radius 3 is 1.11 bits per heavy atom. The van der Waals surface area contributed by atoms with Gasteiger partial charge in [-0.3, -0.25) is 33.9 Å². The Balaban J connectivity index is 0.000000163. The van der Waals surface area contributed by atoms with Gasteiger partial charge >= 0.3 is 23.9 Å². The fraction of sp³-hybridized carbons (Fsp3) is 0.676. The first-order valence-corrected chi connectivity index (χ1v) is 35.1. The van der Waals surface area contributed by atoms with Crippen LogP contribution in [0.15, 0.2) is 55.8 Å². The molecule has 0 saturated carbocycles. The number of halogens is 3. The van der Waals surface area contributed by atoms with Gasteiger partial charge in [0, 0.05) is 82.5 Å². The number of nitrogens with zero attached hydrogens (tertiary/aromatic N) is 15. The van der Waals surface area contributed by atoms with Gasteiger partial charge in [0.05, 0.1) is 16.2 Å². The van der Waals surface area contributed by atoms with Gasteiger partial charge in [0.15, 0.2) is 43.1 Å². The van der Waals surface area contributed by atoms with E-state index in [9.17, 15) is 29.4 Å². The molecule has 9 fully saturated rings. The monoisotopic (exact) mass is 1480 g/mol. The van der Waals surface area contributed by atoms with Gasteiger partial charge < -0.3 is 89.0 Å². The Morgan fingerprint density at radius 1 is 0.422 bits per heavy atom. The SMILES string of the molecule is CC(=O)O[C@@H]1[C@H](O)[C@@H](CN2CCCC23CCN(C)CC3)O[C@H]1n1ccc2c(N)ncnc21.CC(=O)O[C@@H]1[C@H](OC(C)=O)[C@@H](CN2CCCC23CCN(C)CC3)O[C@H]1n1ccc2c(N)ncnc21.CC(=O)O[C@H]1[C@@H](O)[C@H](n2ccc3c(N)ncnc32)O[C@@H]1CN1CCCC12CCN(C)CC2.Cl.Cl.Cl. The molecule has 102 heavy (non-hydrogen) atoms. The van der Waals surface area contributed by atoms with Crippen LogP contribution < -0.4 is 17.2 Å². The van der Waals surface area contributed by atoms with Crippen molar-refractivity contribution >= 4 is 112 Å². The van der Waals surface area contributed by atoms with Crippen LogP contribution in [0.3, 0.4) is 0 Å². The number of nitrogen functional groups attached to an aromatic ring is 3. The molecule has 9 aliphatic heterocycles. The van der Waals surface area contributed by atoms with Gasteiger partial charge in [-0.1, -0.05) is 0 Å². The Morgan fingerprint density at radius 2 is 0.725 bits per heavy atom. The number of fused-ring (bicyclic) bond motifs is 3. The van der Waals surface area contributed by atoms with Crippen LogP contribution in [0.25, 0.3) is 33.1 Å². The average Bonchev–Trinajstić information content (AvgIpc) is 1.62. The number of carbonyl (C=O) groups is 4. The van der Waals surface area contributed by atoms with Crippen molar-refractivity contribution in [3.8, 4) is 0 Å². The number of ether oxygens (including phenoxy) is 7. The third-order valence-corrected chi connectivity index (χ3v) is 22.7. The topological polar surface area (TPSA) is 363 Å². The maximum absolute atomic E-state index is 12.1. The van der Waals surface area contributed by atoms with Crippen molar-refractivity contribution < 1.29 is 62.5 Å². The molecule has 12 atom stereocenters. The number of carbonyl (C=O) groups excluding carboxylic acids is 4. The maximum atomic E-state index is 12.1. The number of hydrogen-bond acceptors (Lipinski definition) is 28. The normalized spacial score (nSPS) is 29.4. The van der Waals surface area contributed by atoms with Gasteiger partial charge in [-0.25, -0.2) is 29.9 Å². The molecule has 0 aliphatic carbocycles. The first kappa shape index (κ1) is 78.2. The van der Waals surface area contributed by atoms with Crippen LogP contribution in [-0.2, 0) is 52.3 Å². The first-order valence-electron chi connectivity index (χ1n) is 35.1. The van der Waals surface area contributed by atoms with Crippen LogP contribution in [0.1, 0.15) is 123 Å². The van der Waals surface area contributed by atoms with Gasteiger partial charge in [-0.15, -0.1) is 37.2 Å². The predicted molar refractivity (Wildman–Crippen MR) is 384 cm³/mol. The van der Waals surface area contributed by atoms with Crippen molar-refractivity contribution in [3.63, 3.8) is 0 Å². The van der Waals surface area contributed by atoms with Gasteiger partial charge in [-0.05, 0) is 175 Å². The van der Waals surface area contributed by atoms with Gasteiger partial charge in [-0.2, -0.15) is 0 Å². The lowest BCUT2D eigenvalue weighted by Gasteiger charge is -2.45. The highest BCUT2D eigenvalue weighted by Crippen LogP contribution is 2.46. The second-order valence-electron chi connectivity index (χ2n) is 28.9. The average molecular weight is 1490 g/mol. The van der Waals surface area contributed by atoms with E-state index >= 15 is 0 Å². The van der Waals surface area contributed by atoms with Gasteiger partial charge in [0.2, 0.25) is 0 Å². The molecular formula is C68H101Cl3N18O13. The van der Waals surface area contributed by atoms with Crippen molar-refractivity contribution in [2.24, 2.45) is 0 Å². The summed E-state index contributed by atoms with van der Waals surface area (Å²) in [5, 5.41) is 24.4. The third kappa shape index (κ3) is 15.8. The molecule has 0 aromatic carbocycles. The van der Waals surface area contributed by atoms with Crippen molar-refractivity contribution in [1.29, 1.82) is 0 Å². The molecule has 6 aromatic heterocycles. The van der Waals surface area contributed by atoms with E-state index in [2.05, 4.69) is 80.4 Å². The molecule has 9 saturated heterocycles. The molecule has 31 nitrogen and oxygen atoms in total. The van der Waals surface area contributed by atoms with E-state index in [4.69, 9.17) is 50.4 Å². The van der Waals surface area contributed by atoms with Crippen LogP contribution in [0.5, 0.6) is 0 Å². The van der Waals surface area contributed by atoms with Crippen molar-refractivity contribution in [2.45, 2.75) is 195 Å². The number of rotatable bonds is 13. The number of aliphatic hydroxyl groups is 2. The molecule has 15 heterocycles. The molecule has 9 aliphatic rings. The zero-order valence-electron chi connectivity index (χ0n) is 59.1. The van der Waals surface area contributed by atoms with E-state index in [1.165, 1.54) is 59.5 Å². The van der Waals surface area contributed by atoms with E-state index in [1.54, 1.807) is 38.4 Å². The second-order valence-corrected chi connectivity index (χ2v) is 28.9. The zero-order valence-corrected chi connectivity index (χ0v) is 61.6. The number of aromatic nitrogens is 9. The minimum atomic E-state index is -1.02. The molecular weight excluding hydrogens is 1380 g/mol. The summed E-state index contributed by atoms with van der Waals surface area (Å²) < 4.78 is 47.2. The van der Waals surface area contributed by atoms with Crippen LogP contribution >= 0.6 is 37.2 Å². The summed E-state index contributed by atoms with van der Waals surface area (Å²) in [6.07, 6.45) is 14.5. The number of hydrogen-bond donors (Lipinski definition) is 5. The summed E-state index contributed by atoms with van der Waals surface area (Å²) in [7, 11) is 6.50. The van der Waals surface area contributed by atoms with Crippen LogP contribution in [0, 0.1) is 0 Å². The molecule has 0 amide bonds. The quantitative estimate of drug-likeness (QED) is 0.0801. The highest BCUT2D eigenvalue weighted by molar-refractivity contribution is 5.88. The highest BCUT2D eigenvalue weighted by atomic mass is 35.5. The summed E-state index contributed by atoms with van der Waals surface area (Å²) in [5.74, 6) is -0.708. The number of aliphatic hydroxyl groups excluding tert-OH is 2. The zero-order chi connectivity index (χ0) is 69.7. The fourth-order valence-corrected chi connectivity index (χ4v) is 17.5. The number of esters is 4. The number of nitrogens with two attached hydrogens (primary N) is 3. The molecule has 15 rings (SSSR count). The highest BCUT2D eigenvalue weighted by Gasteiger charge is 2.56. The largest absolute Gasteiger partial charge is 0.457 e. The summed E-state index contributed by atoms with van der Waals surface area (Å²) >= 11 is 0. The smallest absolute Gasteiger partial charge is 0.303 e. The summed E-state index contributed by atoms with van der Waals surface area (Å²) in [6.45, 7) is 16.6. The summed E-state index contributed by atoms with van der Waals surface area (Å²) in [5.41, 5.74) is 20.2. The lowest BCUT2D eigenvalue weighted by molar-refractivity contribution is -0.165. The fourth-order valence-electron chi connectivity index (χ4n) is 17.5. The minimum Gasteiger partial charge on any atom is -0.457 e. The molecule has 0 unspecified atom stereocenters. The Hall–Kier alpha value is -6.43. The summed E-state index contributed by atoms with van der Waals surface area (Å²) in [6, 6.07) is 5.43. The molecule has 0 bridgehead atoms. The van der Waals surface area contributed by atoms with E-state index in [0.717, 1.165) is 123 Å². The molecule has 0 radical (unpaired) electrons. The predicted octanol–water partition coefficient (Wildman–Crippen LogP) is 4.13. The first-order chi connectivity index (χ1) is 47.5. The van der Waals surface area contributed by atoms with E-state index in [1.807, 2.05) is 12.1 Å². The van der Waals surface area contributed by atoms with E-state index in [-0.39, 0.29) is 53.8 Å². The number of piperidine rings is 3. The standard InChI is InChI=1S/C24H34N6O5.2C22H32N6O4.3ClH/c1-15(31)33-19-18(13-29-9-4-6-24(29)7-11-28(3)12-8-24)35-23(20(19)34-16(2)32)30-10-5-17-21(25)26-14-27-22(17)30;1-14(29)31-18-16(12-27-8-3-5-22(27)6-10-26(2)11-7-22)32-21(17(18)30)28-9-4-15-19(23)24-13-25-20(15)28;1-14(29)31-18-17(30)16(12-27-8-3-5-22(27)6-10-26(2)11-7-22)32-21(18)28-9-4-15-19(23)24-13-25-20(15)28;;;/h5,10,14,18-20,23H,4,6-9,11-13H2,1-3H3,(H2,25,26,27);2*4,9,13,16-18,21,30H,3,5-8,10-12H2,1-2H3,(H2,23,24,25);3*1H/t18-,19-,20-,23-;2*16-,17-,18-,21-;;;/m111.../s1. The molecule has 562 valence electrons. The molecule has 6 aromatic rings. The van der Waals surface area contributed by atoms with Gasteiger partial charge in [0.1, 0.15) is 83.9 Å². The second kappa shape index (κ2) is 32.5. The van der Waals surface area contributed by atoms with Crippen molar-refractivity contribution in [1.82, 2.24) is 73.0 Å². The molecule has 8 N–H and O–H groups in total. The Labute approximate surface area is 611 Å². The lowest BCUT2D eigenvalue weighted by Crippen LogP contribution is -2.54. The van der Waals surface area contributed by atoms with Crippen molar-refractivity contribution in [3.05, 3.63) is 55.8 Å². The van der Waals surface area contributed by atoms with Crippen molar-refractivity contribution in [2.75, 3.05) is 117 Å². The van der Waals surface area contributed by atoms with E-state index < -0.39 is 97.5 Å². The maximum Gasteiger partial charge on any atom is 0.303 e. The lowest BCUT2D eigenvalue weighted by atomic mass is 9.85. The minimum absolute atomic E-state index is 0. The van der Waals surface area contributed by atoms with E-state index in [0.29, 0.717) is 70.2 Å². The van der Waals surface area contributed by atoms with Crippen LogP contribution in [-0.4, -0.2) is 278 Å². The summed E-state index contributed by atoms with van der Waals surface area (Å²) in [4.78, 5) is 87.7. The molecule has 34 heteroatoms. The van der Waals surface area contributed by atoms with Crippen LogP contribution in [0.2, 0.25) is 0 Å². The number of anilines is 3. The molecule has 3 spiro atoms. The number of likely N-dealkylation sites (tertiary alicyclic amines) is 6. The Kier molecular flexibility index (Phi) is 24.9.